The average Bonchev–Trinajstić information content (AvgIpc) is 2.63. The van der Waals surface area contributed by atoms with E-state index in [9.17, 15) is 4.39 Å². The first-order valence-electron chi connectivity index (χ1n) is 5.94. The number of hydrogen-bond acceptors (Lipinski definition) is 2. The average molecular weight is 222 g/mol. The lowest BCUT2D eigenvalue weighted by Crippen LogP contribution is -2.12. The van der Waals surface area contributed by atoms with Crippen LogP contribution in [0, 0.1) is 17.7 Å². The Bertz CT molecular complexity index is 365. The molecule has 16 heavy (non-hydrogen) atoms. The normalized spacial score (nSPS) is 24.6. The summed E-state index contributed by atoms with van der Waals surface area (Å²) in [7, 11) is 0. The van der Waals surface area contributed by atoms with Crippen molar-refractivity contribution in [3.63, 3.8) is 0 Å². The smallest absolute Gasteiger partial charge is 0.148 e. The van der Waals surface area contributed by atoms with Crippen LogP contribution in [-0.2, 0) is 0 Å². The number of nitrogen functional groups attached to an aromatic ring is 1. The molecule has 1 aliphatic carbocycles. The molecule has 1 aromatic rings. The summed E-state index contributed by atoms with van der Waals surface area (Å²) in [6.45, 7) is 3.15. The van der Waals surface area contributed by atoms with Gasteiger partial charge in [-0.25, -0.2) is 4.39 Å². The highest BCUT2D eigenvalue weighted by Gasteiger charge is 2.21. The third-order valence-corrected chi connectivity index (χ3v) is 3.38. The van der Waals surface area contributed by atoms with E-state index in [1.165, 1.54) is 25.3 Å². The minimum absolute atomic E-state index is 0.258. The quantitative estimate of drug-likeness (QED) is 0.770. The minimum atomic E-state index is -0.258. The van der Waals surface area contributed by atoms with Crippen molar-refractivity contribution in [2.24, 2.45) is 11.8 Å². The van der Waals surface area contributed by atoms with Gasteiger partial charge in [0.2, 0.25) is 0 Å². The molecule has 0 amide bonds. The molecule has 1 fully saturated rings. The van der Waals surface area contributed by atoms with Gasteiger partial charge >= 0.3 is 0 Å². The Morgan fingerprint density at radius 1 is 1.44 bits per heavy atom. The zero-order valence-electron chi connectivity index (χ0n) is 9.67. The van der Waals surface area contributed by atoms with Gasteiger partial charge in [0.25, 0.3) is 0 Å². The molecule has 1 aliphatic rings. The SMILES string of the molecule is CC1CCC(CNc2ccc(N)cc2F)C1. The Labute approximate surface area is 96.0 Å². The molecule has 2 nitrogen and oxygen atoms in total. The maximum Gasteiger partial charge on any atom is 0.148 e. The van der Waals surface area contributed by atoms with Crippen LogP contribution >= 0.6 is 0 Å². The Balaban J connectivity index is 1.89. The van der Waals surface area contributed by atoms with Gasteiger partial charge in [0.1, 0.15) is 5.82 Å². The minimum Gasteiger partial charge on any atom is -0.399 e. The van der Waals surface area contributed by atoms with Gasteiger partial charge in [0.05, 0.1) is 5.69 Å². The molecule has 0 aromatic heterocycles. The zero-order valence-corrected chi connectivity index (χ0v) is 9.67. The first-order valence-corrected chi connectivity index (χ1v) is 5.94. The molecular formula is C13H19FN2. The second kappa shape index (κ2) is 4.73. The van der Waals surface area contributed by atoms with Crippen molar-refractivity contribution in [3.8, 4) is 0 Å². The molecule has 2 rings (SSSR count). The first-order chi connectivity index (χ1) is 7.65. The van der Waals surface area contributed by atoms with Crippen molar-refractivity contribution < 1.29 is 4.39 Å². The van der Waals surface area contributed by atoms with E-state index in [2.05, 4.69) is 12.2 Å². The number of hydrogen-bond donors (Lipinski definition) is 2. The Hall–Kier alpha value is -1.25. The number of halogens is 1. The van der Waals surface area contributed by atoms with Crippen LogP contribution in [0.4, 0.5) is 15.8 Å². The van der Waals surface area contributed by atoms with Crippen molar-refractivity contribution >= 4 is 11.4 Å². The molecule has 88 valence electrons. The number of nitrogens with two attached hydrogens (primary N) is 1. The maximum absolute atomic E-state index is 13.5. The summed E-state index contributed by atoms with van der Waals surface area (Å²) in [5, 5.41) is 3.17. The van der Waals surface area contributed by atoms with Gasteiger partial charge in [-0.05, 0) is 42.9 Å². The third-order valence-electron chi connectivity index (χ3n) is 3.38. The van der Waals surface area contributed by atoms with E-state index < -0.39 is 0 Å². The predicted octanol–water partition coefficient (Wildman–Crippen LogP) is 3.26. The molecule has 3 heteroatoms. The highest BCUT2D eigenvalue weighted by molar-refractivity contribution is 5.52. The Morgan fingerprint density at radius 2 is 2.25 bits per heavy atom. The van der Waals surface area contributed by atoms with E-state index >= 15 is 0 Å². The summed E-state index contributed by atoms with van der Waals surface area (Å²) in [6, 6.07) is 4.80. The molecule has 0 heterocycles. The van der Waals surface area contributed by atoms with Gasteiger partial charge in [-0.15, -0.1) is 0 Å². The second-order valence-corrected chi connectivity index (χ2v) is 4.90. The highest BCUT2D eigenvalue weighted by Crippen LogP contribution is 2.30. The molecule has 1 aromatic carbocycles. The van der Waals surface area contributed by atoms with E-state index in [0.29, 0.717) is 17.3 Å². The summed E-state index contributed by atoms with van der Waals surface area (Å²) in [5.74, 6) is 1.25. The van der Waals surface area contributed by atoms with E-state index in [1.807, 2.05) is 0 Å². The number of benzene rings is 1. The van der Waals surface area contributed by atoms with E-state index in [0.717, 1.165) is 12.5 Å². The van der Waals surface area contributed by atoms with Crippen LogP contribution in [0.1, 0.15) is 26.2 Å². The van der Waals surface area contributed by atoms with Crippen LogP contribution in [0.5, 0.6) is 0 Å². The van der Waals surface area contributed by atoms with Crippen molar-refractivity contribution in [2.45, 2.75) is 26.2 Å². The van der Waals surface area contributed by atoms with Gasteiger partial charge in [0.15, 0.2) is 0 Å². The Kier molecular flexibility index (Phi) is 3.32. The van der Waals surface area contributed by atoms with Gasteiger partial charge in [-0.1, -0.05) is 13.3 Å². The summed E-state index contributed by atoms with van der Waals surface area (Å²) in [5.41, 5.74) is 6.53. The first kappa shape index (κ1) is 11.2. The van der Waals surface area contributed by atoms with Gasteiger partial charge in [0, 0.05) is 12.2 Å². The number of anilines is 2. The van der Waals surface area contributed by atoms with Crippen molar-refractivity contribution in [1.82, 2.24) is 0 Å². The fourth-order valence-electron chi connectivity index (χ4n) is 2.44. The maximum atomic E-state index is 13.5. The second-order valence-electron chi connectivity index (χ2n) is 4.90. The number of nitrogens with one attached hydrogen (secondary N) is 1. The molecular weight excluding hydrogens is 203 g/mol. The lowest BCUT2D eigenvalue weighted by atomic mass is 10.1. The fraction of sp³-hybridized carbons (Fsp3) is 0.538. The van der Waals surface area contributed by atoms with Crippen LogP contribution in [0.3, 0.4) is 0 Å². The summed E-state index contributed by atoms with van der Waals surface area (Å²) < 4.78 is 13.5. The molecule has 0 saturated heterocycles. The predicted molar refractivity (Wildman–Crippen MR) is 65.8 cm³/mol. The van der Waals surface area contributed by atoms with Crippen LogP contribution in [0.15, 0.2) is 18.2 Å². The lowest BCUT2D eigenvalue weighted by Gasteiger charge is -2.13. The van der Waals surface area contributed by atoms with E-state index in [-0.39, 0.29) is 5.82 Å². The van der Waals surface area contributed by atoms with Gasteiger partial charge in [-0.3, -0.25) is 0 Å². The molecule has 3 N–H and O–H groups in total. The standard InChI is InChI=1S/C13H19FN2/c1-9-2-3-10(6-9)8-16-13-5-4-11(15)7-12(13)14/h4-5,7,9-10,16H,2-3,6,8,15H2,1H3. The third kappa shape index (κ3) is 2.65. The largest absolute Gasteiger partial charge is 0.399 e. The molecule has 2 atom stereocenters. The Morgan fingerprint density at radius 3 is 2.88 bits per heavy atom. The van der Waals surface area contributed by atoms with Crippen LogP contribution in [-0.4, -0.2) is 6.54 Å². The van der Waals surface area contributed by atoms with Crippen molar-refractivity contribution in [1.29, 1.82) is 0 Å². The van der Waals surface area contributed by atoms with Crippen LogP contribution in [0.25, 0.3) is 0 Å². The van der Waals surface area contributed by atoms with Gasteiger partial charge < -0.3 is 11.1 Å². The number of rotatable bonds is 3. The summed E-state index contributed by atoms with van der Waals surface area (Å²) in [6.07, 6.45) is 3.81. The van der Waals surface area contributed by atoms with Crippen LogP contribution < -0.4 is 11.1 Å². The van der Waals surface area contributed by atoms with Gasteiger partial charge in [-0.2, -0.15) is 0 Å². The lowest BCUT2D eigenvalue weighted by molar-refractivity contribution is 0.535. The van der Waals surface area contributed by atoms with E-state index in [1.54, 1.807) is 12.1 Å². The fourth-order valence-corrected chi connectivity index (χ4v) is 2.44. The molecule has 0 radical (unpaired) electrons. The van der Waals surface area contributed by atoms with Crippen molar-refractivity contribution in [2.75, 3.05) is 17.6 Å². The molecule has 1 saturated carbocycles. The van der Waals surface area contributed by atoms with E-state index in [4.69, 9.17) is 5.73 Å². The summed E-state index contributed by atoms with van der Waals surface area (Å²) >= 11 is 0. The molecule has 2 unspecified atom stereocenters. The topological polar surface area (TPSA) is 38.0 Å². The highest BCUT2D eigenvalue weighted by atomic mass is 19.1. The summed E-state index contributed by atoms with van der Waals surface area (Å²) in [4.78, 5) is 0. The van der Waals surface area contributed by atoms with Crippen molar-refractivity contribution in [3.05, 3.63) is 24.0 Å². The zero-order chi connectivity index (χ0) is 11.5. The van der Waals surface area contributed by atoms with Crippen LogP contribution in [0.2, 0.25) is 0 Å². The monoisotopic (exact) mass is 222 g/mol. The molecule has 0 aliphatic heterocycles. The molecule has 0 bridgehead atoms. The molecule has 0 spiro atoms.